The molecule has 4 nitrogen and oxygen atoms in total. The van der Waals surface area contributed by atoms with E-state index in [2.05, 4.69) is 12.2 Å². The van der Waals surface area contributed by atoms with Crippen molar-refractivity contribution < 1.29 is 14.9 Å². The zero-order chi connectivity index (χ0) is 13.4. The van der Waals surface area contributed by atoms with Gasteiger partial charge in [0.1, 0.15) is 5.75 Å². The summed E-state index contributed by atoms with van der Waals surface area (Å²) in [6.07, 6.45) is 1.000. The van der Waals surface area contributed by atoms with Gasteiger partial charge in [-0.25, -0.2) is 0 Å². The van der Waals surface area contributed by atoms with E-state index in [-0.39, 0.29) is 6.61 Å². The minimum absolute atomic E-state index is 0.246. The van der Waals surface area contributed by atoms with Crippen molar-refractivity contribution in [2.45, 2.75) is 32.4 Å². The second-order valence-corrected chi connectivity index (χ2v) is 4.75. The Morgan fingerprint density at radius 3 is 2.50 bits per heavy atom. The Hall–Kier alpha value is -1.10. The third kappa shape index (κ3) is 5.49. The van der Waals surface area contributed by atoms with Crippen molar-refractivity contribution in [1.82, 2.24) is 5.32 Å². The molecule has 0 saturated heterocycles. The van der Waals surface area contributed by atoms with Crippen LogP contribution in [0, 0.1) is 0 Å². The van der Waals surface area contributed by atoms with Crippen molar-refractivity contribution in [3.63, 3.8) is 0 Å². The predicted octanol–water partition coefficient (Wildman–Crippen LogP) is 1.31. The topological polar surface area (TPSA) is 61.7 Å². The predicted molar refractivity (Wildman–Crippen MR) is 71.6 cm³/mol. The normalized spacial score (nSPS) is 14.2. The quantitative estimate of drug-likeness (QED) is 0.653. The highest BCUT2D eigenvalue weighted by molar-refractivity contribution is 5.27. The maximum absolute atomic E-state index is 9.61. The molecule has 0 aliphatic carbocycles. The summed E-state index contributed by atoms with van der Waals surface area (Å²) in [5, 5.41) is 21.6. The lowest BCUT2D eigenvalue weighted by Crippen LogP contribution is -2.40. The van der Waals surface area contributed by atoms with Gasteiger partial charge in [-0.1, -0.05) is 19.1 Å². The van der Waals surface area contributed by atoms with Gasteiger partial charge >= 0.3 is 0 Å². The first-order chi connectivity index (χ1) is 8.57. The summed E-state index contributed by atoms with van der Waals surface area (Å²) < 4.78 is 5.49. The molecule has 1 aromatic rings. The standard InChI is InChI=1S/C14H23NO3/c1-3-8-18-13-6-4-12(5-7-13)9-15-10-14(2,17)11-16/h4-7,15-17H,3,8-11H2,1-2H3. The third-order valence-electron chi connectivity index (χ3n) is 2.57. The zero-order valence-electron chi connectivity index (χ0n) is 11.1. The lowest BCUT2D eigenvalue weighted by atomic mass is 10.1. The summed E-state index contributed by atoms with van der Waals surface area (Å²) >= 11 is 0. The summed E-state index contributed by atoms with van der Waals surface area (Å²) in [5.74, 6) is 0.878. The molecule has 0 heterocycles. The highest BCUT2D eigenvalue weighted by atomic mass is 16.5. The van der Waals surface area contributed by atoms with Crippen LogP contribution in [0.2, 0.25) is 0 Å². The molecule has 0 spiro atoms. The van der Waals surface area contributed by atoms with E-state index in [4.69, 9.17) is 9.84 Å². The fourth-order valence-electron chi connectivity index (χ4n) is 1.46. The van der Waals surface area contributed by atoms with Crippen LogP contribution in [0.4, 0.5) is 0 Å². The largest absolute Gasteiger partial charge is 0.494 e. The van der Waals surface area contributed by atoms with Crippen LogP contribution in [0.25, 0.3) is 0 Å². The third-order valence-corrected chi connectivity index (χ3v) is 2.57. The van der Waals surface area contributed by atoms with Gasteiger partial charge in [0.25, 0.3) is 0 Å². The molecule has 0 aromatic heterocycles. The van der Waals surface area contributed by atoms with Crippen molar-refractivity contribution >= 4 is 0 Å². The Balaban J connectivity index is 2.35. The molecule has 3 N–H and O–H groups in total. The van der Waals surface area contributed by atoms with Crippen LogP contribution in [0.1, 0.15) is 25.8 Å². The van der Waals surface area contributed by atoms with E-state index in [1.54, 1.807) is 6.92 Å². The molecule has 0 fully saturated rings. The van der Waals surface area contributed by atoms with Gasteiger partial charge < -0.3 is 20.3 Å². The van der Waals surface area contributed by atoms with E-state index in [9.17, 15) is 5.11 Å². The number of benzene rings is 1. The lowest BCUT2D eigenvalue weighted by Gasteiger charge is -2.20. The Labute approximate surface area is 109 Å². The minimum atomic E-state index is -1.07. The van der Waals surface area contributed by atoms with Crippen molar-refractivity contribution in [2.24, 2.45) is 0 Å². The molecule has 0 aliphatic rings. The summed E-state index contributed by atoms with van der Waals surface area (Å²) in [6, 6.07) is 7.87. The summed E-state index contributed by atoms with van der Waals surface area (Å²) in [7, 11) is 0. The van der Waals surface area contributed by atoms with Gasteiger partial charge in [0, 0.05) is 13.1 Å². The van der Waals surface area contributed by atoms with E-state index < -0.39 is 5.60 Å². The first-order valence-electron chi connectivity index (χ1n) is 6.33. The lowest BCUT2D eigenvalue weighted by molar-refractivity contribution is 0.00254. The zero-order valence-corrected chi connectivity index (χ0v) is 11.1. The summed E-state index contributed by atoms with van der Waals surface area (Å²) in [6.45, 7) is 5.18. The van der Waals surface area contributed by atoms with Crippen LogP contribution < -0.4 is 10.1 Å². The van der Waals surface area contributed by atoms with Gasteiger partial charge in [0.05, 0.1) is 18.8 Å². The average Bonchev–Trinajstić information content (AvgIpc) is 2.38. The number of aliphatic hydroxyl groups is 2. The molecule has 1 aromatic carbocycles. The molecule has 0 aliphatic heterocycles. The van der Waals surface area contributed by atoms with Crippen LogP contribution in [0.3, 0.4) is 0 Å². The monoisotopic (exact) mass is 253 g/mol. The molecular weight excluding hydrogens is 230 g/mol. The Morgan fingerprint density at radius 1 is 1.28 bits per heavy atom. The minimum Gasteiger partial charge on any atom is -0.494 e. The molecule has 102 valence electrons. The Morgan fingerprint density at radius 2 is 1.94 bits per heavy atom. The molecule has 4 heteroatoms. The summed E-state index contributed by atoms with van der Waals surface area (Å²) in [4.78, 5) is 0. The maximum atomic E-state index is 9.61. The fourth-order valence-corrected chi connectivity index (χ4v) is 1.46. The van der Waals surface area contributed by atoms with Gasteiger partial charge in [-0.15, -0.1) is 0 Å². The van der Waals surface area contributed by atoms with Crippen LogP contribution in [0.15, 0.2) is 24.3 Å². The van der Waals surface area contributed by atoms with Crippen LogP contribution >= 0.6 is 0 Å². The SMILES string of the molecule is CCCOc1ccc(CNCC(C)(O)CO)cc1. The molecule has 0 radical (unpaired) electrons. The van der Waals surface area contributed by atoms with Gasteiger partial charge in [0.15, 0.2) is 0 Å². The number of nitrogens with one attached hydrogen (secondary N) is 1. The number of aliphatic hydroxyl groups excluding tert-OH is 1. The molecule has 1 atom stereocenters. The molecule has 18 heavy (non-hydrogen) atoms. The van der Waals surface area contributed by atoms with E-state index in [0.29, 0.717) is 13.1 Å². The highest BCUT2D eigenvalue weighted by Gasteiger charge is 2.17. The van der Waals surface area contributed by atoms with Crippen molar-refractivity contribution in [3.05, 3.63) is 29.8 Å². The van der Waals surface area contributed by atoms with Crippen LogP contribution in [-0.2, 0) is 6.54 Å². The number of rotatable bonds is 8. The Kier molecular flexibility index (Phi) is 6.12. The van der Waals surface area contributed by atoms with Crippen molar-refractivity contribution in [3.8, 4) is 5.75 Å². The van der Waals surface area contributed by atoms with Gasteiger partial charge in [-0.05, 0) is 31.0 Å². The molecule has 0 bridgehead atoms. The molecule has 0 saturated carbocycles. The average molecular weight is 253 g/mol. The molecule has 1 rings (SSSR count). The molecule has 1 unspecified atom stereocenters. The van der Waals surface area contributed by atoms with Crippen molar-refractivity contribution in [1.29, 1.82) is 0 Å². The van der Waals surface area contributed by atoms with Crippen LogP contribution in [0.5, 0.6) is 5.75 Å². The Bertz CT molecular complexity index is 335. The second kappa shape index (κ2) is 7.36. The van der Waals surface area contributed by atoms with E-state index >= 15 is 0 Å². The van der Waals surface area contributed by atoms with Gasteiger partial charge in [-0.2, -0.15) is 0 Å². The van der Waals surface area contributed by atoms with E-state index in [0.717, 1.165) is 24.3 Å². The van der Waals surface area contributed by atoms with E-state index in [1.807, 2.05) is 24.3 Å². The maximum Gasteiger partial charge on any atom is 0.119 e. The van der Waals surface area contributed by atoms with E-state index in [1.165, 1.54) is 0 Å². The summed E-state index contributed by atoms with van der Waals surface area (Å²) in [5.41, 5.74) is 0.0528. The highest BCUT2D eigenvalue weighted by Crippen LogP contribution is 2.12. The number of ether oxygens (including phenoxy) is 1. The smallest absolute Gasteiger partial charge is 0.119 e. The molecule has 0 amide bonds. The number of hydrogen-bond donors (Lipinski definition) is 3. The first kappa shape index (κ1) is 15.0. The van der Waals surface area contributed by atoms with Gasteiger partial charge in [0.2, 0.25) is 0 Å². The van der Waals surface area contributed by atoms with Gasteiger partial charge in [-0.3, -0.25) is 0 Å². The first-order valence-corrected chi connectivity index (χ1v) is 6.33. The molecular formula is C14H23NO3. The number of hydrogen-bond acceptors (Lipinski definition) is 4. The van der Waals surface area contributed by atoms with Crippen molar-refractivity contribution in [2.75, 3.05) is 19.8 Å². The van der Waals surface area contributed by atoms with Crippen LogP contribution in [-0.4, -0.2) is 35.6 Å². The second-order valence-electron chi connectivity index (χ2n) is 4.75. The fraction of sp³-hybridized carbons (Fsp3) is 0.571.